The van der Waals surface area contributed by atoms with Crippen LogP contribution in [0.4, 0.5) is 10.2 Å². The number of nitrogens with zero attached hydrogens (tertiary/aromatic N) is 5. The Morgan fingerprint density at radius 2 is 1.83 bits per heavy atom. The minimum absolute atomic E-state index is 0.139. The van der Waals surface area contributed by atoms with E-state index in [1.165, 1.54) is 6.07 Å². The molecule has 1 atom stereocenters. The van der Waals surface area contributed by atoms with Gasteiger partial charge in [0.1, 0.15) is 18.2 Å². The van der Waals surface area contributed by atoms with Gasteiger partial charge in [0.2, 0.25) is 0 Å². The number of rotatable bonds is 4. The van der Waals surface area contributed by atoms with Crippen molar-refractivity contribution >= 4 is 11.5 Å². The molecule has 0 fully saturated rings. The second kappa shape index (κ2) is 7.05. The van der Waals surface area contributed by atoms with Gasteiger partial charge in [-0.2, -0.15) is 4.52 Å². The first-order valence-electron chi connectivity index (χ1n) is 9.26. The second-order valence-electron chi connectivity index (χ2n) is 6.84. The summed E-state index contributed by atoms with van der Waals surface area (Å²) in [4.78, 5) is 1.96. The maximum atomic E-state index is 14.2. The third-order valence-corrected chi connectivity index (χ3v) is 4.80. The van der Waals surface area contributed by atoms with E-state index in [2.05, 4.69) is 15.3 Å². The SMILES string of the molecule is CN(CC1COc2ccccc2O1)c1ccc2nnc(-c3ccccc3F)n2n1. The van der Waals surface area contributed by atoms with Crippen molar-refractivity contribution in [3.05, 3.63) is 66.5 Å². The molecule has 1 aliphatic heterocycles. The molecule has 1 aliphatic rings. The Kier molecular flexibility index (Phi) is 4.23. The van der Waals surface area contributed by atoms with Gasteiger partial charge in [-0.1, -0.05) is 24.3 Å². The number of anilines is 1. The smallest absolute Gasteiger partial charge is 0.188 e. The van der Waals surface area contributed by atoms with Crippen LogP contribution in [0.3, 0.4) is 0 Å². The van der Waals surface area contributed by atoms with Crippen LogP contribution >= 0.6 is 0 Å². The fourth-order valence-corrected chi connectivity index (χ4v) is 3.35. The molecule has 0 radical (unpaired) electrons. The average molecular weight is 391 g/mol. The van der Waals surface area contributed by atoms with Crippen molar-refractivity contribution in [2.24, 2.45) is 0 Å². The van der Waals surface area contributed by atoms with E-state index in [-0.39, 0.29) is 11.9 Å². The van der Waals surface area contributed by atoms with Crippen molar-refractivity contribution < 1.29 is 13.9 Å². The van der Waals surface area contributed by atoms with Gasteiger partial charge >= 0.3 is 0 Å². The van der Waals surface area contributed by atoms with Crippen LogP contribution in [0.5, 0.6) is 11.5 Å². The second-order valence-corrected chi connectivity index (χ2v) is 6.84. The molecule has 2 aromatic heterocycles. The molecule has 7 nitrogen and oxygen atoms in total. The van der Waals surface area contributed by atoms with E-state index in [0.29, 0.717) is 36.0 Å². The van der Waals surface area contributed by atoms with E-state index in [0.717, 1.165) is 11.5 Å². The summed E-state index contributed by atoms with van der Waals surface area (Å²) in [5.41, 5.74) is 0.902. The summed E-state index contributed by atoms with van der Waals surface area (Å²) in [6.45, 7) is 1.03. The molecule has 0 N–H and O–H groups in total. The summed E-state index contributed by atoms with van der Waals surface area (Å²) in [6, 6.07) is 17.7. The van der Waals surface area contributed by atoms with Crippen molar-refractivity contribution in [1.82, 2.24) is 19.8 Å². The van der Waals surface area contributed by atoms with Crippen LogP contribution < -0.4 is 14.4 Å². The predicted molar refractivity (Wildman–Crippen MR) is 106 cm³/mol. The van der Waals surface area contributed by atoms with Crippen LogP contribution in [0, 0.1) is 5.82 Å². The van der Waals surface area contributed by atoms with Gasteiger partial charge in [-0.25, -0.2) is 4.39 Å². The molecule has 0 saturated carbocycles. The molecule has 3 heterocycles. The highest BCUT2D eigenvalue weighted by Gasteiger charge is 2.23. The zero-order valence-electron chi connectivity index (χ0n) is 15.7. The number of para-hydroxylation sites is 2. The lowest BCUT2D eigenvalue weighted by molar-refractivity contribution is 0.0959. The maximum Gasteiger partial charge on any atom is 0.188 e. The van der Waals surface area contributed by atoms with E-state index in [9.17, 15) is 4.39 Å². The third kappa shape index (κ3) is 3.22. The van der Waals surface area contributed by atoms with Gasteiger partial charge < -0.3 is 14.4 Å². The predicted octanol–water partition coefficient (Wildman–Crippen LogP) is 3.21. The Balaban J connectivity index is 1.40. The first-order chi connectivity index (χ1) is 14.2. The largest absolute Gasteiger partial charge is 0.486 e. The normalized spacial score (nSPS) is 15.4. The number of likely N-dealkylation sites (N-methyl/N-ethyl adjacent to an activating group) is 1. The van der Waals surface area contributed by atoms with Gasteiger partial charge in [-0.05, 0) is 36.4 Å². The first kappa shape index (κ1) is 17.4. The van der Waals surface area contributed by atoms with Crippen LogP contribution in [0.15, 0.2) is 60.7 Å². The highest BCUT2D eigenvalue weighted by atomic mass is 19.1. The molecule has 4 aromatic rings. The molecule has 29 heavy (non-hydrogen) atoms. The molecular weight excluding hydrogens is 373 g/mol. The van der Waals surface area contributed by atoms with E-state index < -0.39 is 0 Å². The summed E-state index contributed by atoms with van der Waals surface area (Å²) in [6.07, 6.45) is -0.139. The van der Waals surface area contributed by atoms with Gasteiger partial charge in [0.25, 0.3) is 0 Å². The highest BCUT2D eigenvalue weighted by Crippen LogP contribution is 2.31. The number of aromatic nitrogens is 4. The number of benzene rings is 2. The maximum absolute atomic E-state index is 14.2. The first-order valence-corrected chi connectivity index (χ1v) is 9.26. The molecule has 0 bridgehead atoms. The van der Waals surface area contributed by atoms with Gasteiger partial charge in [0.15, 0.2) is 29.1 Å². The van der Waals surface area contributed by atoms with E-state index in [1.807, 2.05) is 48.3 Å². The van der Waals surface area contributed by atoms with E-state index in [1.54, 1.807) is 22.7 Å². The van der Waals surface area contributed by atoms with Gasteiger partial charge in [-0.3, -0.25) is 0 Å². The number of halogens is 1. The Bertz CT molecular complexity index is 1180. The third-order valence-electron chi connectivity index (χ3n) is 4.80. The lowest BCUT2D eigenvalue weighted by atomic mass is 10.2. The molecule has 146 valence electrons. The number of hydrogen-bond acceptors (Lipinski definition) is 6. The fourth-order valence-electron chi connectivity index (χ4n) is 3.35. The van der Waals surface area contributed by atoms with Crippen molar-refractivity contribution in [3.63, 3.8) is 0 Å². The Morgan fingerprint density at radius 3 is 2.69 bits per heavy atom. The molecule has 0 saturated heterocycles. The van der Waals surface area contributed by atoms with Crippen molar-refractivity contribution in [2.75, 3.05) is 25.1 Å². The minimum atomic E-state index is -0.367. The van der Waals surface area contributed by atoms with Crippen molar-refractivity contribution in [1.29, 1.82) is 0 Å². The van der Waals surface area contributed by atoms with Crippen LogP contribution in [0.1, 0.15) is 0 Å². The van der Waals surface area contributed by atoms with Gasteiger partial charge in [-0.15, -0.1) is 15.3 Å². The van der Waals surface area contributed by atoms with Crippen LogP contribution in [-0.4, -0.2) is 46.1 Å². The van der Waals surface area contributed by atoms with Crippen molar-refractivity contribution in [2.45, 2.75) is 6.10 Å². The summed E-state index contributed by atoms with van der Waals surface area (Å²) in [5, 5.41) is 12.8. The Labute approximate surface area is 166 Å². The Hall–Kier alpha value is -3.68. The zero-order chi connectivity index (χ0) is 19.8. The number of ether oxygens (including phenoxy) is 2. The molecule has 0 aliphatic carbocycles. The number of fused-ring (bicyclic) bond motifs is 2. The molecule has 5 rings (SSSR count). The van der Waals surface area contributed by atoms with Crippen molar-refractivity contribution in [3.8, 4) is 22.9 Å². The van der Waals surface area contributed by atoms with E-state index in [4.69, 9.17) is 9.47 Å². The van der Waals surface area contributed by atoms with E-state index >= 15 is 0 Å². The minimum Gasteiger partial charge on any atom is -0.486 e. The lowest BCUT2D eigenvalue weighted by Gasteiger charge is -2.30. The standard InChI is InChI=1S/C21H18FN5O2/c1-26(12-14-13-28-17-8-4-5-9-18(17)29-14)20-11-10-19-23-24-21(27(19)25-20)15-6-2-3-7-16(15)22/h2-11,14H,12-13H2,1H3. The summed E-state index contributed by atoms with van der Waals surface area (Å²) >= 11 is 0. The van der Waals surface area contributed by atoms with Crippen LogP contribution in [0.2, 0.25) is 0 Å². The molecule has 0 amide bonds. The summed E-state index contributed by atoms with van der Waals surface area (Å²) in [7, 11) is 1.92. The monoisotopic (exact) mass is 391 g/mol. The van der Waals surface area contributed by atoms with Crippen LogP contribution in [-0.2, 0) is 0 Å². The quantitative estimate of drug-likeness (QED) is 0.532. The molecule has 8 heteroatoms. The van der Waals surface area contributed by atoms with Gasteiger partial charge in [0, 0.05) is 7.05 Å². The topological polar surface area (TPSA) is 64.8 Å². The average Bonchev–Trinajstić information content (AvgIpc) is 3.17. The number of hydrogen-bond donors (Lipinski definition) is 0. The lowest BCUT2D eigenvalue weighted by Crippen LogP contribution is -2.39. The zero-order valence-corrected chi connectivity index (χ0v) is 15.7. The van der Waals surface area contributed by atoms with Gasteiger partial charge in [0.05, 0.1) is 12.1 Å². The molecule has 2 aromatic carbocycles. The fraction of sp³-hybridized carbons (Fsp3) is 0.190. The van der Waals surface area contributed by atoms with Crippen LogP contribution in [0.25, 0.3) is 17.0 Å². The molecular formula is C21H18FN5O2. The Morgan fingerprint density at radius 1 is 1.03 bits per heavy atom. The molecule has 1 unspecified atom stereocenters. The highest BCUT2D eigenvalue weighted by molar-refractivity contribution is 5.60. The summed E-state index contributed by atoms with van der Waals surface area (Å²) in [5.74, 6) is 2.18. The molecule has 0 spiro atoms. The summed E-state index contributed by atoms with van der Waals surface area (Å²) < 4.78 is 27.6.